The summed E-state index contributed by atoms with van der Waals surface area (Å²) < 4.78 is 100. The van der Waals surface area contributed by atoms with Gasteiger partial charge in [0.05, 0.1) is 5.33 Å². The Hall–Kier alpha value is -8.40. The maximum atomic E-state index is 12.4. The highest BCUT2D eigenvalue weighted by molar-refractivity contribution is 9.09. The lowest BCUT2D eigenvalue weighted by atomic mass is 9.94. The number of amides is 3. The van der Waals surface area contributed by atoms with Gasteiger partial charge in [-0.3, -0.25) is 71.9 Å². The molecule has 4 aliphatic rings. The summed E-state index contributed by atoms with van der Waals surface area (Å²) in [6.07, 6.45) is -27.9. The van der Waals surface area contributed by atoms with Crippen LogP contribution in [0.15, 0.2) is 5.11 Å². The summed E-state index contributed by atoms with van der Waals surface area (Å²) in [7, 11) is 0. The molecule has 3 N–H and O–H groups in total. The van der Waals surface area contributed by atoms with Crippen LogP contribution in [0.3, 0.4) is 0 Å². The van der Waals surface area contributed by atoms with Crippen LogP contribution in [-0.4, -0.2) is 244 Å². The number of alkyl halides is 1. The second-order valence-corrected chi connectivity index (χ2v) is 21.2. The van der Waals surface area contributed by atoms with Gasteiger partial charge in [0.25, 0.3) is 0 Å². The number of esters is 12. The molecule has 4 rings (SSSR count). The van der Waals surface area contributed by atoms with Gasteiger partial charge >= 0.3 is 71.6 Å². The number of azide groups is 1. The van der Waals surface area contributed by atoms with E-state index in [-0.39, 0.29) is 5.33 Å². The fraction of sp³-hybridized carbons (Fsp3) is 0.722. The van der Waals surface area contributed by atoms with Gasteiger partial charge in [0, 0.05) is 102 Å². The van der Waals surface area contributed by atoms with Gasteiger partial charge in [-0.25, -0.2) is 0 Å². The largest absolute Gasteiger partial charge is 0.463 e. The highest BCUT2D eigenvalue weighted by atomic mass is 79.9. The summed E-state index contributed by atoms with van der Waals surface area (Å²) in [4.78, 5) is 184. The van der Waals surface area contributed by atoms with Gasteiger partial charge in [-0.15, -0.1) is 0 Å². The second-order valence-electron chi connectivity index (χ2n) is 20.6. The Bertz CT molecular complexity index is 2820. The third-order valence-corrected chi connectivity index (χ3v) is 13.2. The van der Waals surface area contributed by atoms with E-state index < -0.39 is 238 Å². The molecule has 4 aliphatic heterocycles. The van der Waals surface area contributed by atoms with E-state index in [9.17, 15) is 71.9 Å². The van der Waals surface area contributed by atoms with Crippen LogP contribution < -0.4 is 16.0 Å². The van der Waals surface area contributed by atoms with Crippen LogP contribution in [0, 0.1) is 0 Å². The van der Waals surface area contributed by atoms with E-state index in [2.05, 4.69) is 41.9 Å². The summed E-state index contributed by atoms with van der Waals surface area (Å²) in [6.45, 7) is 12.6. The maximum Gasteiger partial charge on any atom is 0.303 e. The first-order valence-electron chi connectivity index (χ1n) is 28.2. The maximum absolute atomic E-state index is 12.4. The summed E-state index contributed by atoms with van der Waals surface area (Å²) in [6, 6.07) is -2.72. The topological polar surface area (TPSA) is 507 Å². The van der Waals surface area contributed by atoms with Crippen molar-refractivity contribution in [3.05, 3.63) is 10.4 Å². The molecule has 0 saturated carbocycles. The van der Waals surface area contributed by atoms with Crippen LogP contribution in [0.25, 0.3) is 10.4 Å². The third-order valence-electron chi connectivity index (χ3n) is 12.7. The van der Waals surface area contributed by atoms with Crippen molar-refractivity contribution in [3.63, 3.8) is 0 Å². The predicted molar refractivity (Wildman–Crippen MR) is 302 cm³/mol. The van der Waals surface area contributed by atoms with Crippen molar-refractivity contribution in [2.24, 2.45) is 5.11 Å². The number of rotatable bonds is 25. The lowest BCUT2D eigenvalue weighted by Crippen LogP contribution is -2.71. The first-order valence-corrected chi connectivity index (χ1v) is 29.4. The van der Waals surface area contributed by atoms with E-state index in [4.69, 9.17) is 90.8 Å². The van der Waals surface area contributed by atoms with E-state index in [1.807, 2.05) is 0 Å². The number of hydrogen-bond acceptors (Lipinski definition) is 34. The van der Waals surface area contributed by atoms with Gasteiger partial charge in [-0.2, -0.15) is 0 Å². The minimum absolute atomic E-state index is 0.183. The molecule has 0 radical (unpaired) electrons. The molecule has 0 bridgehead atoms. The highest BCUT2D eigenvalue weighted by Gasteiger charge is 2.59. The molecule has 0 aliphatic carbocycles. The normalized spacial score (nSPS) is 30.0. The molecule has 3 amide bonds. The Morgan fingerprint density at radius 3 is 0.957 bits per heavy atom. The van der Waals surface area contributed by atoms with Gasteiger partial charge in [-0.1, -0.05) is 21.0 Å². The molecule has 4 fully saturated rings. The Morgan fingerprint density at radius 2 is 0.649 bits per heavy atom. The first kappa shape index (κ1) is 79.8. The average Bonchev–Trinajstić information content (AvgIpc) is 0.778. The average molecular weight is 1420 g/mol. The molecule has 39 nitrogen and oxygen atoms in total. The lowest BCUT2D eigenvalue weighted by Gasteiger charge is -2.49. The van der Waals surface area contributed by atoms with E-state index in [1.165, 1.54) is 0 Å². The van der Waals surface area contributed by atoms with Crippen LogP contribution in [0.1, 0.15) is 96.9 Å². The highest BCUT2D eigenvalue weighted by Crippen LogP contribution is 2.37. The van der Waals surface area contributed by atoms with Gasteiger partial charge in [0.2, 0.25) is 17.7 Å². The van der Waals surface area contributed by atoms with Crippen LogP contribution >= 0.6 is 15.9 Å². The van der Waals surface area contributed by atoms with E-state index in [0.717, 1.165) is 96.9 Å². The molecular weight excluding hydrogens is 1340 g/mol. The van der Waals surface area contributed by atoms with Crippen molar-refractivity contribution in [1.29, 1.82) is 0 Å². The molecule has 20 atom stereocenters. The SMILES string of the molecule is CC(=O)NC1[C@H](N=[N+]=[N-])OC(COC(C)=O)[C@@H](O[C@@H]2OC(COC(C)=O)[C@H](OC(C)=O)[C@H](OC(C)=O)C2OC(C)=O)[C@@H]1OC(C)=O.CC(=O)NC1[C@H](NC(=O)CBr)OC(COC(C)=O)[C@@H](O[C@@H]2OC(COC(C)=O)[C@H](OC(C)=O)[C@H](OC(C)=O)C2OC(C)=O)[C@@H]1OC(C)=O. The molecule has 0 spiro atoms. The van der Waals surface area contributed by atoms with Gasteiger partial charge in [0.15, 0.2) is 73.9 Å². The number of carbonyl (C=O) groups is 15. The Kier molecular flexibility index (Phi) is 32.3. The zero-order valence-corrected chi connectivity index (χ0v) is 54.9. The fourth-order valence-corrected chi connectivity index (χ4v) is 9.84. The van der Waals surface area contributed by atoms with Crippen molar-refractivity contribution >= 4 is 105 Å². The van der Waals surface area contributed by atoms with Crippen molar-refractivity contribution in [1.82, 2.24) is 16.0 Å². The second kappa shape index (κ2) is 38.1. The predicted octanol–water partition coefficient (Wildman–Crippen LogP) is -1.82. The molecule has 4 heterocycles. The van der Waals surface area contributed by atoms with Gasteiger partial charge in [-0.05, 0) is 5.53 Å². The Balaban J connectivity index is 0.000000491. The fourth-order valence-electron chi connectivity index (χ4n) is 9.68. The molecule has 0 aromatic carbocycles. The Morgan fingerprint density at radius 1 is 0.362 bits per heavy atom. The minimum atomic E-state index is -1.79. The smallest absolute Gasteiger partial charge is 0.303 e. The number of halogens is 1. The summed E-state index contributed by atoms with van der Waals surface area (Å²) in [5.74, 6) is -12.0. The Labute approximate surface area is 543 Å². The number of nitrogens with zero attached hydrogens (tertiary/aromatic N) is 3. The molecular formula is C54H75BrN6O33. The summed E-state index contributed by atoms with van der Waals surface area (Å²) in [5.41, 5.74) is 9.16. The zero-order chi connectivity index (χ0) is 71.0. The van der Waals surface area contributed by atoms with Gasteiger partial charge < -0.3 is 101 Å². The number of ether oxygens (including phenoxy) is 18. The van der Waals surface area contributed by atoms with E-state index >= 15 is 0 Å². The molecule has 526 valence electrons. The first-order chi connectivity index (χ1) is 44.0. The van der Waals surface area contributed by atoms with E-state index in [1.54, 1.807) is 0 Å². The van der Waals surface area contributed by atoms with Crippen LogP contribution in [0.4, 0.5) is 0 Å². The monoisotopic (exact) mass is 1410 g/mol. The third kappa shape index (κ3) is 25.8. The zero-order valence-electron chi connectivity index (χ0n) is 53.3. The summed E-state index contributed by atoms with van der Waals surface area (Å²) >= 11 is 3.02. The summed E-state index contributed by atoms with van der Waals surface area (Å²) in [5, 5.41) is 10.9. The van der Waals surface area contributed by atoms with Crippen LogP contribution in [0.5, 0.6) is 0 Å². The molecule has 0 aromatic rings. The molecule has 94 heavy (non-hydrogen) atoms. The van der Waals surface area contributed by atoms with Crippen molar-refractivity contribution in [2.75, 3.05) is 31.8 Å². The van der Waals surface area contributed by atoms with Crippen LogP contribution in [-0.2, 0) is 157 Å². The van der Waals surface area contributed by atoms with Crippen molar-refractivity contribution in [2.45, 2.75) is 220 Å². The molecule has 8 unspecified atom stereocenters. The van der Waals surface area contributed by atoms with Crippen molar-refractivity contribution < 1.29 is 157 Å². The minimum Gasteiger partial charge on any atom is -0.463 e. The van der Waals surface area contributed by atoms with Crippen LogP contribution in [0.2, 0.25) is 0 Å². The number of nitrogens with one attached hydrogen (secondary N) is 3. The molecule has 4 saturated heterocycles. The molecule has 40 heteroatoms. The number of hydrogen-bond donors (Lipinski definition) is 3. The number of carbonyl (C=O) groups excluding carboxylic acids is 15. The lowest BCUT2D eigenvalue weighted by molar-refractivity contribution is -0.339. The standard InChI is InChI=1S/C28H39BrN2O17.C26H36N4O16/c1-11(32)30-21-24(43-15(5)36)22(18(9-40-12(2)33)46-27(21)31-20(39)8-29)48-28-26(45-17(7)38)25(44-16(6)37)23(42-14(4)35)19(47-28)10-41-13(3)34;1-10(31)28-19-22(41-14(5)35)20(17(8-38-11(2)32)44-25(19)29-30-27)46-26-24(43-16(7)37)23(42-15(6)36)21(40-13(4)34)18(45-26)9-39-12(3)33/h18-19,21-28H,8-10H2,1-7H3,(H,30,32)(H,31,39);17-26H,8-9H2,1-7H3,(H,28,31)/t18?,19?,21?,22-,23+,24-,25+,26?,27-,28+;17?,18?,19?,20-,21+,22-,23+,24?,25-,26+/m11/s1. The van der Waals surface area contributed by atoms with Gasteiger partial charge in [0.1, 0.15) is 75.1 Å². The molecule has 0 aromatic heterocycles. The van der Waals surface area contributed by atoms with E-state index in [0.29, 0.717) is 0 Å². The quantitative estimate of drug-likeness (QED) is 0.0226. The van der Waals surface area contributed by atoms with Crippen molar-refractivity contribution in [3.8, 4) is 0 Å².